The van der Waals surface area contributed by atoms with Crippen molar-refractivity contribution in [3.63, 3.8) is 0 Å². The summed E-state index contributed by atoms with van der Waals surface area (Å²) in [6.45, 7) is 2.30. The molecule has 1 aliphatic rings. The molecule has 0 bridgehead atoms. The van der Waals surface area contributed by atoms with E-state index in [-0.39, 0.29) is 11.7 Å². The molecule has 1 N–H and O–H groups in total. The van der Waals surface area contributed by atoms with E-state index >= 15 is 0 Å². The van der Waals surface area contributed by atoms with Crippen LogP contribution in [0.1, 0.15) is 39.2 Å². The minimum absolute atomic E-state index is 0.243. The Labute approximate surface area is 196 Å². The lowest BCUT2D eigenvalue weighted by Gasteiger charge is -2.37. The van der Waals surface area contributed by atoms with Crippen molar-refractivity contribution in [3.05, 3.63) is 119 Å². The Kier molecular flexibility index (Phi) is 6.27. The highest BCUT2D eigenvalue weighted by Crippen LogP contribution is 2.35. The third kappa shape index (κ3) is 4.65. The number of carbonyl (C=O) groups excluding carboxylic acids is 1. The SMILES string of the molecule is O=C(NCCc1ccccc1)c1ccc(CN2CCn3cccc3C2c2ccc(F)cc2F)o1. The normalized spacial score (nSPS) is 15.8. The number of carbonyl (C=O) groups is 1. The Morgan fingerprint density at radius 2 is 1.85 bits per heavy atom. The van der Waals surface area contributed by atoms with Crippen LogP contribution < -0.4 is 5.32 Å². The Morgan fingerprint density at radius 1 is 1.00 bits per heavy atom. The highest BCUT2D eigenvalue weighted by molar-refractivity contribution is 5.91. The van der Waals surface area contributed by atoms with E-state index in [1.165, 1.54) is 12.1 Å². The Morgan fingerprint density at radius 3 is 2.68 bits per heavy atom. The van der Waals surface area contributed by atoms with E-state index < -0.39 is 17.7 Å². The van der Waals surface area contributed by atoms with Crippen LogP contribution in [0.5, 0.6) is 0 Å². The zero-order valence-electron chi connectivity index (χ0n) is 18.6. The molecule has 1 atom stereocenters. The largest absolute Gasteiger partial charge is 0.455 e. The van der Waals surface area contributed by atoms with Gasteiger partial charge in [0, 0.05) is 43.2 Å². The monoisotopic (exact) mass is 461 g/mol. The third-order valence-electron chi connectivity index (χ3n) is 6.18. The van der Waals surface area contributed by atoms with Gasteiger partial charge in [0.05, 0.1) is 12.6 Å². The van der Waals surface area contributed by atoms with Crippen LogP contribution in [0.4, 0.5) is 8.78 Å². The second kappa shape index (κ2) is 9.65. The number of nitrogens with zero attached hydrogens (tertiary/aromatic N) is 2. The molecule has 0 spiro atoms. The van der Waals surface area contributed by atoms with Crippen LogP contribution in [-0.4, -0.2) is 28.5 Å². The number of amides is 1. The quantitative estimate of drug-likeness (QED) is 0.424. The van der Waals surface area contributed by atoms with Gasteiger partial charge in [-0.2, -0.15) is 0 Å². The molecule has 1 amide bonds. The predicted molar refractivity (Wildman–Crippen MR) is 124 cm³/mol. The molecule has 5 rings (SSSR count). The third-order valence-corrected chi connectivity index (χ3v) is 6.18. The topological polar surface area (TPSA) is 50.4 Å². The van der Waals surface area contributed by atoms with Gasteiger partial charge in [0.1, 0.15) is 17.4 Å². The summed E-state index contributed by atoms with van der Waals surface area (Å²) >= 11 is 0. The van der Waals surface area contributed by atoms with Gasteiger partial charge in [0.2, 0.25) is 0 Å². The maximum atomic E-state index is 14.7. The van der Waals surface area contributed by atoms with Crippen molar-refractivity contribution in [3.8, 4) is 0 Å². The van der Waals surface area contributed by atoms with E-state index in [2.05, 4.69) is 14.8 Å². The first-order chi connectivity index (χ1) is 16.6. The van der Waals surface area contributed by atoms with Crippen molar-refractivity contribution in [2.75, 3.05) is 13.1 Å². The average molecular weight is 462 g/mol. The van der Waals surface area contributed by atoms with Gasteiger partial charge >= 0.3 is 0 Å². The first-order valence-corrected chi connectivity index (χ1v) is 11.3. The smallest absolute Gasteiger partial charge is 0.287 e. The second-order valence-corrected chi connectivity index (χ2v) is 8.42. The summed E-state index contributed by atoms with van der Waals surface area (Å²) in [7, 11) is 0. The molecule has 34 heavy (non-hydrogen) atoms. The molecular weight excluding hydrogens is 436 g/mol. The molecule has 3 heterocycles. The van der Waals surface area contributed by atoms with E-state index in [1.54, 1.807) is 12.1 Å². The molecule has 2 aromatic carbocycles. The van der Waals surface area contributed by atoms with Crippen LogP contribution in [-0.2, 0) is 19.5 Å². The molecule has 1 aliphatic heterocycles. The molecule has 0 saturated carbocycles. The maximum absolute atomic E-state index is 14.7. The van der Waals surface area contributed by atoms with Gasteiger partial charge in [-0.15, -0.1) is 0 Å². The average Bonchev–Trinajstić information content (AvgIpc) is 3.50. The van der Waals surface area contributed by atoms with E-state index in [4.69, 9.17) is 4.42 Å². The van der Waals surface area contributed by atoms with Crippen LogP contribution in [0, 0.1) is 11.6 Å². The lowest BCUT2D eigenvalue weighted by atomic mass is 9.99. The molecule has 5 nitrogen and oxygen atoms in total. The summed E-state index contributed by atoms with van der Waals surface area (Å²) in [6, 6.07) is 20.6. The number of benzene rings is 2. The van der Waals surface area contributed by atoms with Crippen molar-refractivity contribution in [1.29, 1.82) is 0 Å². The molecule has 1 unspecified atom stereocenters. The van der Waals surface area contributed by atoms with Gasteiger partial charge in [0.15, 0.2) is 5.76 Å². The number of hydrogen-bond acceptors (Lipinski definition) is 3. The molecule has 0 saturated heterocycles. The fourth-order valence-corrected chi connectivity index (χ4v) is 4.52. The van der Waals surface area contributed by atoms with E-state index in [0.29, 0.717) is 31.0 Å². The molecule has 4 aromatic rings. The van der Waals surface area contributed by atoms with Crippen LogP contribution in [0.3, 0.4) is 0 Å². The lowest BCUT2D eigenvalue weighted by Crippen LogP contribution is -2.38. The molecular formula is C27H25F2N3O2. The van der Waals surface area contributed by atoms with Crippen molar-refractivity contribution in [2.24, 2.45) is 0 Å². The summed E-state index contributed by atoms with van der Waals surface area (Å²) < 4.78 is 36.2. The van der Waals surface area contributed by atoms with Gasteiger partial charge in [0.25, 0.3) is 5.91 Å². The van der Waals surface area contributed by atoms with Gasteiger partial charge in [-0.1, -0.05) is 36.4 Å². The minimum Gasteiger partial charge on any atom is -0.455 e. The number of aromatic nitrogens is 1. The highest BCUT2D eigenvalue weighted by Gasteiger charge is 2.31. The number of halogens is 2. The first kappa shape index (κ1) is 22.1. The van der Waals surface area contributed by atoms with Crippen LogP contribution >= 0.6 is 0 Å². The Balaban J connectivity index is 1.29. The fourth-order valence-electron chi connectivity index (χ4n) is 4.52. The first-order valence-electron chi connectivity index (χ1n) is 11.3. The van der Waals surface area contributed by atoms with E-state index in [9.17, 15) is 13.6 Å². The number of rotatable bonds is 7. The minimum atomic E-state index is -0.604. The summed E-state index contributed by atoms with van der Waals surface area (Å²) in [4.78, 5) is 14.6. The van der Waals surface area contributed by atoms with E-state index in [1.807, 2.05) is 48.7 Å². The Hall–Kier alpha value is -3.71. The molecule has 174 valence electrons. The van der Waals surface area contributed by atoms with Crippen molar-refractivity contribution in [2.45, 2.75) is 25.6 Å². The molecule has 2 aromatic heterocycles. The predicted octanol–water partition coefficient (Wildman–Crippen LogP) is 4.94. The van der Waals surface area contributed by atoms with Crippen molar-refractivity contribution >= 4 is 5.91 Å². The zero-order valence-corrected chi connectivity index (χ0v) is 18.6. The number of furan rings is 1. The van der Waals surface area contributed by atoms with Crippen LogP contribution in [0.25, 0.3) is 0 Å². The molecule has 7 heteroatoms. The fraction of sp³-hybridized carbons (Fsp3) is 0.222. The number of fused-ring (bicyclic) bond motifs is 1. The van der Waals surface area contributed by atoms with E-state index in [0.717, 1.165) is 30.3 Å². The summed E-state index contributed by atoms with van der Waals surface area (Å²) in [5.41, 5.74) is 2.49. The lowest BCUT2D eigenvalue weighted by molar-refractivity contribution is 0.0919. The molecule has 0 aliphatic carbocycles. The van der Waals surface area contributed by atoms with Gasteiger partial charge in [-0.05, 0) is 42.3 Å². The maximum Gasteiger partial charge on any atom is 0.287 e. The molecule has 0 fully saturated rings. The van der Waals surface area contributed by atoms with Crippen molar-refractivity contribution in [1.82, 2.24) is 14.8 Å². The standard InChI is InChI=1S/C27H25F2N3O2/c28-20-8-10-22(23(29)17-20)26-24-7-4-14-31(24)15-16-32(26)18-21-9-11-25(34-21)27(33)30-13-12-19-5-2-1-3-6-19/h1-11,14,17,26H,12-13,15-16,18H2,(H,30,33). The van der Waals surface area contributed by atoms with Gasteiger partial charge < -0.3 is 14.3 Å². The van der Waals surface area contributed by atoms with Crippen LogP contribution in [0.15, 0.2) is 83.4 Å². The van der Waals surface area contributed by atoms with Gasteiger partial charge in [-0.25, -0.2) is 8.78 Å². The highest BCUT2D eigenvalue weighted by atomic mass is 19.1. The zero-order chi connectivity index (χ0) is 23.5. The number of hydrogen-bond donors (Lipinski definition) is 1. The number of nitrogens with one attached hydrogen (secondary N) is 1. The molecule has 0 radical (unpaired) electrons. The summed E-state index contributed by atoms with van der Waals surface area (Å²) in [5, 5.41) is 2.89. The van der Waals surface area contributed by atoms with Gasteiger partial charge in [-0.3, -0.25) is 9.69 Å². The van der Waals surface area contributed by atoms with Crippen LogP contribution in [0.2, 0.25) is 0 Å². The Bertz CT molecular complexity index is 1280. The summed E-state index contributed by atoms with van der Waals surface area (Å²) in [5.74, 6) is -0.597. The second-order valence-electron chi connectivity index (χ2n) is 8.42. The van der Waals surface area contributed by atoms with Crippen molar-refractivity contribution < 1.29 is 18.0 Å². The summed E-state index contributed by atoms with van der Waals surface area (Å²) in [6.07, 6.45) is 2.70.